The Hall–Kier alpha value is -3.42. The third-order valence-corrected chi connectivity index (χ3v) is 3.13. The van der Waals surface area contributed by atoms with Crippen LogP contribution in [-0.2, 0) is 11.3 Å². The van der Waals surface area contributed by atoms with E-state index in [0.29, 0.717) is 11.2 Å². The number of carbonyl (C=O) groups excluding carboxylic acids is 2. The summed E-state index contributed by atoms with van der Waals surface area (Å²) >= 11 is 0. The van der Waals surface area contributed by atoms with Gasteiger partial charge in [-0.25, -0.2) is 9.48 Å². The number of hydrazine groups is 1. The van der Waals surface area contributed by atoms with E-state index in [-0.39, 0.29) is 6.54 Å². The van der Waals surface area contributed by atoms with Gasteiger partial charge in [0.1, 0.15) is 6.54 Å². The molecular weight excluding hydrogens is 298 g/mol. The Bertz CT molecular complexity index is 914. The molecule has 0 aliphatic rings. The van der Waals surface area contributed by atoms with E-state index in [0.717, 1.165) is 4.68 Å². The van der Waals surface area contributed by atoms with Crippen LogP contribution in [0.25, 0.3) is 5.65 Å². The number of hydrogen-bond acceptors (Lipinski definition) is 4. The van der Waals surface area contributed by atoms with Crippen LogP contribution < -0.4 is 16.5 Å². The summed E-state index contributed by atoms with van der Waals surface area (Å²) in [6.45, 7) is -0.296. The van der Waals surface area contributed by atoms with E-state index in [2.05, 4.69) is 16.0 Å². The molecule has 0 bridgehead atoms. The number of carbonyl (C=O) groups is 2. The number of nitrogens with one attached hydrogen (secondary N) is 2. The molecule has 0 aliphatic heterocycles. The lowest BCUT2D eigenvalue weighted by atomic mass is 10.2. The topological polar surface area (TPSA) is 97.5 Å². The minimum Gasteiger partial charge on any atom is -0.271 e. The second-order valence-electron chi connectivity index (χ2n) is 4.74. The van der Waals surface area contributed by atoms with E-state index in [1.54, 1.807) is 54.7 Å². The molecule has 1 aromatic carbocycles. The van der Waals surface area contributed by atoms with Crippen LogP contribution in [0.2, 0.25) is 0 Å². The molecule has 0 fully saturated rings. The predicted octanol–water partition coefficient (Wildman–Crippen LogP) is -0.0428. The van der Waals surface area contributed by atoms with Gasteiger partial charge in [0.2, 0.25) is 0 Å². The maximum atomic E-state index is 12.0. The first-order valence-corrected chi connectivity index (χ1v) is 6.83. The first kappa shape index (κ1) is 14.5. The third-order valence-electron chi connectivity index (χ3n) is 3.13. The molecule has 0 spiro atoms. The fourth-order valence-electron chi connectivity index (χ4n) is 2.03. The Kier molecular flexibility index (Phi) is 3.88. The first-order chi connectivity index (χ1) is 11.1. The zero-order chi connectivity index (χ0) is 16.2. The summed E-state index contributed by atoms with van der Waals surface area (Å²) < 4.78 is 2.36. The largest absolute Gasteiger partial charge is 0.350 e. The molecule has 0 aliphatic carbocycles. The van der Waals surface area contributed by atoms with Crippen molar-refractivity contribution in [2.24, 2.45) is 0 Å². The predicted molar refractivity (Wildman–Crippen MR) is 81.5 cm³/mol. The summed E-state index contributed by atoms with van der Waals surface area (Å²) in [5, 5.41) is 4.03. The molecule has 23 heavy (non-hydrogen) atoms. The van der Waals surface area contributed by atoms with Crippen molar-refractivity contribution in [2.75, 3.05) is 0 Å². The Morgan fingerprint density at radius 2 is 1.74 bits per heavy atom. The van der Waals surface area contributed by atoms with Crippen molar-refractivity contribution in [1.29, 1.82) is 0 Å². The standard InChI is InChI=1S/C15H13N5O3/c21-13(16-17-14(22)11-6-2-1-3-7-11)10-20-15(23)19-9-5-4-8-12(19)18-20/h1-9H,10H2,(H,16,21)(H,17,22). The summed E-state index contributed by atoms with van der Waals surface area (Å²) in [7, 11) is 0. The zero-order valence-electron chi connectivity index (χ0n) is 12.0. The van der Waals surface area contributed by atoms with Crippen molar-refractivity contribution in [3.63, 3.8) is 0 Å². The fourth-order valence-corrected chi connectivity index (χ4v) is 2.03. The second-order valence-corrected chi connectivity index (χ2v) is 4.74. The number of amides is 2. The van der Waals surface area contributed by atoms with Crippen molar-refractivity contribution in [3.05, 3.63) is 70.8 Å². The summed E-state index contributed by atoms with van der Waals surface area (Å²) in [4.78, 5) is 35.7. The van der Waals surface area contributed by atoms with Crippen molar-refractivity contribution in [3.8, 4) is 0 Å². The highest BCUT2D eigenvalue weighted by Crippen LogP contribution is 1.97. The number of aromatic nitrogens is 3. The van der Waals surface area contributed by atoms with E-state index in [9.17, 15) is 14.4 Å². The van der Waals surface area contributed by atoms with Gasteiger partial charge in [-0.2, -0.15) is 0 Å². The Morgan fingerprint density at radius 3 is 2.48 bits per heavy atom. The van der Waals surface area contributed by atoms with Crippen LogP contribution in [0.15, 0.2) is 59.5 Å². The van der Waals surface area contributed by atoms with Crippen molar-refractivity contribution in [2.45, 2.75) is 6.54 Å². The minimum absolute atomic E-state index is 0.296. The fraction of sp³-hybridized carbons (Fsp3) is 0.0667. The van der Waals surface area contributed by atoms with Crippen LogP contribution in [0, 0.1) is 0 Å². The van der Waals surface area contributed by atoms with Gasteiger partial charge in [0.05, 0.1) is 0 Å². The van der Waals surface area contributed by atoms with Gasteiger partial charge in [-0.3, -0.25) is 24.8 Å². The number of nitrogens with zero attached hydrogens (tertiary/aromatic N) is 3. The summed E-state index contributed by atoms with van der Waals surface area (Å²) in [5.74, 6) is -0.999. The van der Waals surface area contributed by atoms with Gasteiger partial charge in [-0.15, -0.1) is 5.10 Å². The molecule has 8 nitrogen and oxygen atoms in total. The lowest BCUT2D eigenvalue weighted by molar-refractivity contribution is -0.122. The molecule has 2 amide bonds. The summed E-state index contributed by atoms with van der Waals surface area (Å²) in [6.07, 6.45) is 1.57. The molecule has 0 radical (unpaired) electrons. The van der Waals surface area contributed by atoms with Crippen molar-refractivity contribution >= 4 is 17.5 Å². The molecule has 2 N–H and O–H groups in total. The molecule has 116 valence electrons. The zero-order valence-corrected chi connectivity index (χ0v) is 12.0. The average Bonchev–Trinajstić information content (AvgIpc) is 2.90. The van der Waals surface area contributed by atoms with Crippen LogP contribution in [0.1, 0.15) is 10.4 Å². The highest BCUT2D eigenvalue weighted by Gasteiger charge is 2.11. The summed E-state index contributed by atoms with van der Waals surface area (Å²) in [5.41, 5.74) is 4.97. The van der Waals surface area contributed by atoms with E-state index < -0.39 is 17.5 Å². The van der Waals surface area contributed by atoms with Crippen LogP contribution in [0.3, 0.4) is 0 Å². The van der Waals surface area contributed by atoms with E-state index in [1.807, 2.05) is 0 Å². The van der Waals surface area contributed by atoms with Gasteiger partial charge in [-0.1, -0.05) is 24.3 Å². The smallest absolute Gasteiger partial charge is 0.271 e. The molecule has 0 saturated carbocycles. The molecule has 8 heteroatoms. The Labute approximate surface area is 130 Å². The maximum Gasteiger partial charge on any atom is 0.350 e. The van der Waals surface area contributed by atoms with Crippen LogP contribution in [-0.4, -0.2) is 26.0 Å². The molecule has 0 saturated heterocycles. The maximum absolute atomic E-state index is 12.0. The molecule has 0 unspecified atom stereocenters. The van der Waals surface area contributed by atoms with Crippen LogP contribution in [0.4, 0.5) is 0 Å². The van der Waals surface area contributed by atoms with Crippen LogP contribution >= 0.6 is 0 Å². The molecule has 3 rings (SSSR count). The van der Waals surface area contributed by atoms with Gasteiger partial charge in [0.25, 0.3) is 11.8 Å². The average molecular weight is 311 g/mol. The van der Waals surface area contributed by atoms with E-state index in [4.69, 9.17) is 0 Å². The number of hydrogen-bond donors (Lipinski definition) is 2. The SMILES string of the molecule is O=C(Cn1nc2ccccn2c1=O)NNC(=O)c1ccccc1. The van der Waals surface area contributed by atoms with E-state index >= 15 is 0 Å². The number of benzene rings is 1. The number of rotatable bonds is 3. The molecule has 2 aromatic heterocycles. The minimum atomic E-state index is -0.556. The first-order valence-electron chi connectivity index (χ1n) is 6.83. The van der Waals surface area contributed by atoms with Crippen molar-refractivity contribution in [1.82, 2.24) is 25.0 Å². The van der Waals surface area contributed by atoms with Gasteiger partial charge < -0.3 is 0 Å². The second kappa shape index (κ2) is 6.14. The Morgan fingerprint density at radius 1 is 1.00 bits per heavy atom. The van der Waals surface area contributed by atoms with Crippen molar-refractivity contribution < 1.29 is 9.59 Å². The lowest BCUT2D eigenvalue weighted by Crippen LogP contribution is -2.44. The molecule has 2 heterocycles. The molecule has 0 atom stereocenters. The normalized spacial score (nSPS) is 10.4. The summed E-state index contributed by atoms with van der Waals surface area (Å²) in [6, 6.07) is 13.5. The monoisotopic (exact) mass is 311 g/mol. The number of fused-ring (bicyclic) bond motifs is 1. The number of pyridine rings is 1. The lowest BCUT2D eigenvalue weighted by Gasteiger charge is -2.06. The Balaban J connectivity index is 1.64. The molecular formula is C15H13N5O3. The van der Waals surface area contributed by atoms with Crippen LogP contribution in [0.5, 0.6) is 0 Å². The quantitative estimate of drug-likeness (QED) is 0.663. The van der Waals surface area contributed by atoms with Gasteiger partial charge >= 0.3 is 5.69 Å². The highest BCUT2D eigenvalue weighted by atomic mass is 16.2. The van der Waals surface area contributed by atoms with Gasteiger partial charge in [-0.05, 0) is 24.3 Å². The highest BCUT2D eigenvalue weighted by molar-refractivity contribution is 5.95. The van der Waals surface area contributed by atoms with Gasteiger partial charge in [0.15, 0.2) is 5.65 Å². The van der Waals surface area contributed by atoms with Gasteiger partial charge in [0, 0.05) is 11.8 Å². The third kappa shape index (κ3) is 3.10. The molecule has 3 aromatic rings. The van der Waals surface area contributed by atoms with E-state index in [1.165, 1.54) is 4.40 Å².